The minimum absolute atomic E-state index is 0.0992. The largest absolute Gasteiger partial charge is 0.456 e. The van der Waals surface area contributed by atoms with Crippen molar-refractivity contribution in [2.45, 2.75) is 52.6 Å². The molecule has 0 aromatic heterocycles. The van der Waals surface area contributed by atoms with Gasteiger partial charge in [-0.05, 0) is 117 Å². The number of benzene rings is 6. The summed E-state index contributed by atoms with van der Waals surface area (Å²) in [6, 6.07) is 41.4. The van der Waals surface area contributed by atoms with Crippen LogP contribution in [0.3, 0.4) is 0 Å². The third-order valence-corrected chi connectivity index (χ3v) is 13.7. The van der Waals surface area contributed by atoms with E-state index in [0.29, 0.717) is 6.54 Å². The monoisotopic (exact) mass is 814 g/mol. The van der Waals surface area contributed by atoms with E-state index < -0.39 is 5.54 Å². The van der Waals surface area contributed by atoms with Crippen LogP contribution in [0, 0.1) is 0 Å². The number of amides is 1. The normalized spacial score (nSPS) is 15.9. The predicted octanol–water partition coefficient (Wildman–Crippen LogP) is 9.73. The molecular weight excluding hydrogens is 753 g/mol. The first-order chi connectivity index (χ1) is 30.0. The van der Waals surface area contributed by atoms with Gasteiger partial charge in [0.05, 0.1) is 0 Å². The smallest absolute Gasteiger partial charge is 0.255 e. The van der Waals surface area contributed by atoms with E-state index in [1.165, 1.54) is 27.1 Å². The van der Waals surface area contributed by atoms with E-state index in [0.717, 1.165) is 137 Å². The van der Waals surface area contributed by atoms with Crippen molar-refractivity contribution in [1.29, 1.82) is 0 Å². The molecule has 1 amide bonds. The minimum atomic E-state index is -0.784. The average molecular weight is 815 g/mol. The number of nitrogens with one attached hydrogen (secondary N) is 1. The fourth-order valence-electron chi connectivity index (χ4n) is 10.5. The average Bonchev–Trinajstić information content (AvgIpc) is 3.54. The van der Waals surface area contributed by atoms with Gasteiger partial charge in [-0.15, -0.1) is 0 Å². The number of nitrogens with zero attached hydrogens (tertiary/aromatic N) is 5. The Labute approximate surface area is 362 Å². The number of hydrogen-bond acceptors (Lipinski definition) is 7. The predicted molar refractivity (Wildman–Crippen MR) is 253 cm³/mol. The van der Waals surface area contributed by atoms with Crippen molar-refractivity contribution in [2.24, 2.45) is 0 Å². The fourth-order valence-corrected chi connectivity index (χ4v) is 10.5. The van der Waals surface area contributed by atoms with Crippen LogP contribution in [-0.2, 0) is 12.1 Å². The quantitative estimate of drug-likeness (QED) is 0.0772. The topological polar surface area (TPSA) is 54.5 Å². The molecule has 0 atom stereocenters. The van der Waals surface area contributed by atoms with Crippen molar-refractivity contribution in [3.05, 3.63) is 143 Å². The van der Waals surface area contributed by atoms with Gasteiger partial charge in [-0.25, -0.2) is 0 Å². The zero-order chi connectivity index (χ0) is 41.9. The van der Waals surface area contributed by atoms with Crippen LogP contribution in [0.1, 0.15) is 73.1 Å². The third kappa shape index (κ3) is 7.53. The van der Waals surface area contributed by atoms with Gasteiger partial charge < -0.3 is 34.6 Å². The summed E-state index contributed by atoms with van der Waals surface area (Å²) in [5, 5.41) is 9.08. The van der Waals surface area contributed by atoms with E-state index in [1.807, 2.05) is 12.1 Å². The molecule has 0 unspecified atom stereocenters. The first-order valence-electron chi connectivity index (χ1n) is 22.9. The molecule has 8 heteroatoms. The number of rotatable bonds is 16. The van der Waals surface area contributed by atoms with Crippen LogP contribution < -0.4 is 19.9 Å². The summed E-state index contributed by atoms with van der Waals surface area (Å²) in [6.07, 6.45) is 2.02. The molecule has 3 aliphatic heterocycles. The van der Waals surface area contributed by atoms with E-state index >= 15 is 0 Å². The Kier molecular flexibility index (Phi) is 12.0. The van der Waals surface area contributed by atoms with E-state index in [-0.39, 0.29) is 5.91 Å². The van der Waals surface area contributed by atoms with Crippen molar-refractivity contribution < 1.29 is 9.53 Å². The Balaban J connectivity index is 0.873. The highest BCUT2D eigenvalue weighted by Crippen LogP contribution is 2.58. The molecule has 6 aromatic carbocycles. The Bertz CT molecular complexity index is 2390. The number of hydrogen-bond donors (Lipinski definition) is 1. The number of anilines is 2. The Morgan fingerprint density at radius 2 is 1.11 bits per heavy atom. The summed E-state index contributed by atoms with van der Waals surface area (Å²) >= 11 is 0. The second kappa shape index (κ2) is 17.9. The summed E-state index contributed by atoms with van der Waals surface area (Å²) in [7, 11) is 0. The van der Waals surface area contributed by atoms with Gasteiger partial charge in [-0.3, -0.25) is 4.79 Å². The second-order valence-corrected chi connectivity index (χ2v) is 16.9. The number of piperazine rings is 1. The van der Waals surface area contributed by atoms with Crippen LogP contribution >= 0.6 is 0 Å². The van der Waals surface area contributed by atoms with Crippen molar-refractivity contribution in [2.75, 3.05) is 88.3 Å². The molecule has 3 aliphatic rings. The molecule has 1 N–H and O–H groups in total. The highest BCUT2D eigenvalue weighted by Gasteiger charge is 2.56. The number of fused-ring (bicyclic) bond motifs is 8. The molecule has 1 fully saturated rings. The summed E-state index contributed by atoms with van der Waals surface area (Å²) in [5.74, 6) is 1.76. The Morgan fingerprint density at radius 1 is 0.590 bits per heavy atom. The number of carbonyl (C=O) groups is 1. The molecular formula is C53H62N6O2. The van der Waals surface area contributed by atoms with Crippen LogP contribution in [0.4, 0.5) is 11.4 Å². The highest BCUT2D eigenvalue weighted by atomic mass is 16.5. The zero-order valence-electron chi connectivity index (χ0n) is 36.6. The SMILES string of the molecule is CCN(CC)c1ccc2c(c1)Oc1cc(N(CC)CC)ccc1C21c2ccccc2C(=O)N1CCCN1CCN(CCCNCc2c3ccccc3cc3ccccc23)CC1. The molecule has 61 heavy (non-hydrogen) atoms. The molecule has 1 spiro atoms. The van der Waals surface area contributed by atoms with Gasteiger partial charge in [0.25, 0.3) is 5.91 Å². The molecule has 0 radical (unpaired) electrons. The van der Waals surface area contributed by atoms with E-state index in [4.69, 9.17) is 4.74 Å². The fraction of sp³-hybridized carbons (Fsp3) is 0.377. The molecule has 3 heterocycles. The first-order valence-corrected chi connectivity index (χ1v) is 22.9. The summed E-state index contributed by atoms with van der Waals surface area (Å²) in [6.45, 7) is 21.3. The maximum atomic E-state index is 14.7. The molecule has 1 saturated heterocycles. The van der Waals surface area contributed by atoms with Gasteiger partial charge >= 0.3 is 0 Å². The van der Waals surface area contributed by atoms with E-state index in [2.05, 4.69) is 161 Å². The maximum absolute atomic E-state index is 14.7. The molecule has 6 aromatic rings. The summed E-state index contributed by atoms with van der Waals surface area (Å²) in [4.78, 5) is 26.8. The number of carbonyl (C=O) groups excluding carboxylic acids is 1. The van der Waals surface area contributed by atoms with Crippen molar-refractivity contribution in [3.63, 3.8) is 0 Å². The zero-order valence-corrected chi connectivity index (χ0v) is 36.6. The Hall–Kier alpha value is -5.41. The van der Waals surface area contributed by atoms with Gasteiger partial charge in [0.15, 0.2) is 0 Å². The number of ether oxygens (including phenoxy) is 1. The maximum Gasteiger partial charge on any atom is 0.255 e. The Morgan fingerprint density at radius 3 is 1.69 bits per heavy atom. The van der Waals surface area contributed by atoms with Gasteiger partial charge in [0, 0.05) is 106 Å². The summed E-state index contributed by atoms with van der Waals surface area (Å²) < 4.78 is 6.92. The van der Waals surface area contributed by atoms with Crippen LogP contribution in [-0.4, -0.2) is 99.1 Å². The van der Waals surface area contributed by atoms with Gasteiger partial charge in [-0.1, -0.05) is 78.9 Å². The summed E-state index contributed by atoms with van der Waals surface area (Å²) in [5.41, 5.74) is 6.80. The lowest BCUT2D eigenvalue weighted by Crippen LogP contribution is -2.49. The highest BCUT2D eigenvalue weighted by molar-refractivity contribution is 6.03. The lowest BCUT2D eigenvalue weighted by atomic mass is 9.74. The molecule has 9 rings (SSSR count). The second-order valence-electron chi connectivity index (χ2n) is 16.9. The van der Waals surface area contributed by atoms with Crippen molar-refractivity contribution in [1.82, 2.24) is 20.0 Å². The van der Waals surface area contributed by atoms with Crippen LogP contribution in [0.25, 0.3) is 21.5 Å². The standard InChI is InChI=1S/C53H62N6O2/c1-5-57(6-2)41-23-25-48-50(36-41)61-51-37-42(58(7-3)8-4)24-26-49(51)53(48)47-22-14-13-21-45(47)52(60)59(53)30-16-29-56-33-31-55(32-34-56)28-15-27-54-38-46-43-19-11-9-17-39(43)35-40-18-10-12-20-44(40)46/h9-14,17-26,35-37,54H,5-8,15-16,27-34,38H2,1-4H3. The lowest BCUT2D eigenvalue weighted by molar-refractivity contribution is 0.0643. The van der Waals surface area contributed by atoms with Crippen molar-refractivity contribution >= 4 is 38.8 Å². The molecule has 0 bridgehead atoms. The van der Waals surface area contributed by atoms with Crippen LogP contribution in [0.2, 0.25) is 0 Å². The first kappa shape index (κ1) is 41.0. The molecule has 0 aliphatic carbocycles. The van der Waals surface area contributed by atoms with E-state index in [1.54, 1.807) is 0 Å². The third-order valence-electron chi connectivity index (χ3n) is 13.7. The lowest BCUT2D eigenvalue weighted by Gasteiger charge is -2.45. The van der Waals surface area contributed by atoms with Gasteiger partial charge in [0.1, 0.15) is 17.0 Å². The van der Waals surface area contributed by atoms with Crippen LogP contribution in [0.15, 0.2) is 115 Å². The minimum Gasteiger partial charge on any atom is -0.456 e. The van der Waals surface area contributed by atoms with Gasteiger partial charge in [0.2, 0.25) is 0 Å². The van der Waals surface area contributed by atoms with E-state index in [9.17, 15) is 4.79 Å². The molecule has 316 valence electrons. The van der Waals surface area contributed by atoms with Gasteiger partial charge in [-0.2, -0.15) is 0 Å². The molecule has 8 nitrogen and oxygen atoms in total. The molecule has 0 saturated carbocycles. The van der Waals surface area contributed by atoms with Crippen LogP contribution in [0.5, 0.6) is 11.5 Å². The van der Waals surface area contributed by atoms with Crippen molar-refractivity contribution in [3.8, 4) is 11.5 Å².